The van der Waals surface area contributed by atoms with Gasteiger partial charge in [-0.25, -0.2) is 4.98 Å². The summed E-state index contributed by atoms with van der Waals surface area (Å²) in [7, 11) is 1.57. The third kappa shape index (κ3) is 4.17. The Hall–Kier alpha value is -2.41. The van der Waals surface area contributed by atoms with Crippen molar-refractivity contribution >= 4 is 5.91 Å². The molecule has 0 bridgehead atoms. The fraction of sp³-hybridized carbons (Fsp3) is 0.500. The van der Waals surface area contributed by atoms with Crippen molar-refractivity contribution in [2.24, 2.45) is 5.92 Å². The van der Waals surface area contributed by atoms with Crippen LogP contribution in [0.15, 0.2) is 30.6 Å². The first kappa shape index (κ1) is 17.4. The number of rotatable bonds is 7. The van der Waals surface area contributed by atoms with Crippen molar-refractivity contribution in [2.45, 2.75) is 44.9 Å². The van der Waals surface area contributed by atoms with E-state index < -0.39 is 0 Å². The molecule has 0 unspecified atom stereocenters. The molecule has 0 radical (unpaired) electrons. The zero-order chi connectivity index (χ0) is 17.8. The molecule has 0 aliphatic heterocycles. The lowest BCUT2D eigenvalue weighted by Crippen LogP contribution is -2.41. The van der Waals surface area contributed by atoms with E-state index in [9.17, 15) is 9.90 Å². The molecule has 1 amide bonds. The summed E-state index contributed by atoms with van der Waals surface area (Å²) < 4.78 is 6.91. The van der Waals surface area contributed by atoms with Gasteiger partial charge in [0.15, 0.2) is 0 Å². The Labute approximate surface area is 147 Å². The molecule has 134 valence electrons. The maximum absolute atomic E-state index is 12.4. The van der Waals surface area contributed by atoms with Crippen LogP contribution in [0.25, 0.3) is 0 Å². The van der Waals surface area contributed by atoms with Crippen LogP contribution in [-0.2, 0) is 11.3 Å². The summed E-state index contributed by atoms with van der Waals surface area (Å²) in [6, 6.07) is 5.47. The number of carbonyl (C=O) groups excluding carboxylic acids is 1. The van der Waals surface area contributed by atoms with Gasteiger partial charge in [0.05, 0.1) is 19.3 Å². The fourth-order valence-electron chi connectivity index (χ4n) is 3.16. The fourth-order valence-corrected chi connectivity index (χ4v) is 3.16. The molecule has 25 heavy (non-hydrogen) atoms. The summed E-state index contributed by atoms with van der Waals surface area (Å²) in [4.78, 5) is 16.7. The van der Waals surface area contributed by atoms with E-state index in [0.29, 0.717) is 31.7 Å². The van der Waals surface area contributed by atoms with Crippen molar-refractivity contribution in [2.75, 3.05) is 7.11 Å². The molecule has 1 aliphatic carbocycles. The Morgan fingerprint density at radius 2 is 2.24 bits per heavy atom. The van der Waals surface area contributed by atoms with Gasteiger partial charge in [0.1, 0.15) is 0 Å². The zero-order valence-electron chi connectivity index (χ0n) is 14.6. The van der Waals surface area contributed by atoms with Crippen LogP contribution in [0, 0.1) is 12.8 Å². The van der Waals surface area contributed by atoms with Gasteiger partial charge in [0.2, 0.25) is 11.8 Å². The number of amides is 1. The number of carbonyl (C=O) groups is 1. The number of nitrogens with zero attached hydrogens (tertiary/aromatic N) is 3. The number of methoxy groups -OCH3 is 1. The highest BCUT2D eigenvalue weighted by atomic mass is 16.5. The SMILES string of the molecule is COc1ccc([C@@H](NC(=O)CCn2nccc2C)C2CC(O)C2)cn1. The molecule has 7 nitrogen and oxygen atoms in total. The van der Waals surface area contributed by atoms with Gasteiger partial charge in [0, 0.05) is 37.1 Å². The number of hydrogen-bond donors (Lipinski definition) is 2. The molecule has 1 saturated carbocycles. The number of pyridine rings is 1. The van der Waals surface area contributed by atoms with E-state index >= 15 is 0 Å². The monoisotopic (exact) mass is 344 g/mol. The van der Waals surface area contributed by atoms with E-state index in [1.165, 1.54) is 0 Å². The van der Waals surface area contributed by atoms with Crippen molar-refractivity contribution in [1.82, 2.24) is 20.1 Å². The molecule has 0 spiro atoms. The van der Waals surface area contributed by atoms with Gasteiger partial charge in [-0.1, -0.05) is 6.07 Å². The van der Waals surface area contributed by atoms with Gasteiger partial charge >= 0.3 is 0 Å². The Bertz CT molecular complexity index is 707. The van der Waals surface area contributed by atoms with E-state index in [1.807, 2.05) is 23.7 Å². The first-order chi connectivity index (χ1) is 12.1. The highest BCUT2D eigenvalue weighted by Crippen LogP contribution is 2.38. The van der Waals surface area contributed by atoms with Crippen LogP contribution in [0.4, 0.5) is 0 Å². The molecule has 2 N–H and O–H groups in total. The highest BCUT2D eigenvalue weighted by Gasteiger charge is 2.35. The minimum Gasteiger partial charge on any atom is -0.481 e. The second-order valence-corrected chi connectivity index (χ2v) is 6.51. The molecule has 2 aromatic rings. The molecule has 1 atom stereocenters. The first-order valence-corrected chi connectivity index (χ1v) is 8.52. The van der Waals surface area contributed by atoms with Crippen LogP contribution in [0.3, 0.4) is 0 Å². The highest BCUT2D eigenvalue weighted by molar-refractivity contribution is 5.76. The molecule has 0 saturated heterocycles. The van der Waals surface area contributed by atoms with Gasteiger partial charge in [-0.3, -0.25) is 9.48 Å². The van der Waals surface area contributed by atoms with E-state index in [2.05, 4.69) is 15.4 Å². The Kier molecular flexibility index (Phi) is 5.33. The number of ether oxygens (including phenoxy) is 1. The third-order valence-corrected chi connectivity index (χ3v) is 4.74. The summed E-state index contributed by atoms with van der Waals surface area (Å²) in [5.74, 6) is 0.731. The first-order valence-electron chi connectivity index (χ1n) is 8.52. The summed E-state index contributed by atoms with van der Waals surface area (Å²) in [6.07, 6.45) is 4.92. The summed E-state index contributed by atoms with van der Waals surface area (Å²) in [5.41, 5.74) is 1.96. The molecular weight excluding hydrogens is 320 g/mol. The predicted molar refractivity (Wildman–Crippen MR) is 92.0 cm³/mol. The molecule has 0 aromatic carbocycles. The lowest BCUT2D eigenvalue weighted by molar-refractivity contribution is -0.123. The van der Waals surface area contributed by atoms with Gasteiger partial charge in [-0.05, 0) is 37.3 Å². The van der Waals surface area contributed by atoms with Gasteiger partial charge in [-0.2, -0.15) is 5.10 Å². The van der Waals surface area contributed by atoms with E-state index in [-0.39, 0.29) is 24.0 Å². The Morgan fingerprint density at radius 1 is 1.44 bits per heavy atom. The van der Waals surface area contributed by atoms with E-state index in [0.717, 1.165) is 11.3 Å². The van der Waals surface area contributed by atoms with Crippen molar-refractivity contribution in [3.63, 3.8) is 0 Å². The molecule has 2 aromatic heterocycles. The molecule has 2 heterocycles. The zero-order valence-corrected chi connectivity index (χ0v) is 14.6. The quantitative estimate of drug-likeness (QED) is 0.797. The van der Waals surface area contributed by atoms with Gasteiger partial charge < -0.3 is 15.2 Å². The normalized spacial score (nSPS) is 20.6. The average molecular weight is 344 g/mol. The van der Waals surface area contributed by atoms with E-state index in [4.69, 9.17) is 4.74 Å². The van der Waals surface area contributed by atoms with E-state index in [1.54, 1.807) is 25.6 Å². The van der Waals surface area contributed by atoms with Crippen molar-refractivity contribution in [3.05, 3.63) is 41.9 Å². The molecule has 1 fully saturated rings. The topological polar surface area (TPSA) is 89.3 Å². The van der Waals surface area contributed by atoms with Crippen LogP contribution in [-0.4, -0.2) is 39.0 Å². The van der Waals surface area contributed by atoms with Crippen LogP contribution in [0.1, 0.15) is 36.6 Å². The van der Waals surface area contributed by atoms with Crippen molar-refractivity contribution < 1.29 is 14.6 Å². The Morgan fingerprint density at radius 3 is 2.80 bits per heavy atom. The molecule has 7 heteroatoms. The smallest absolute Gasteiger partial charge is 0.222 e. The minimum atomic E-state index is -0.276. The summed E-state index contributed by atoms with van der Waals surface area (Å²) >= 11 is 0. The number of hydrogen-bond acceptors (Lipinski definition) is 5. The maximum atomic E-state index is 12.4. The average Bonchev–Trinajstić information content (AvgIpc) is 3.00. The van der Waals surface area contributed by atoms with Crippen molar-refractivity contribution in [1.29, 1.82) is 0 Å². The lowest BCUT2D eigenvalue weighted by Gasteiger charge is -2.38. The second kappa shape index (κ2) is 7.65. The van der Waals surface area contributed by atoms with Crippen LogP contribution >= 0.6 is 0 Å². The predicted octanol–water partition coefficient (Wildman–Crippen LogP) is 1.61. The van der Waals surface area contributed by atoms with Crippen LogP contribution in [0.5, 0.6) is 5.88 Å². The molecule has 1 aliphatic rings. The number of nitrogens with one attached hydrogen (secondary N) is 1. The largest absolute Gasteiger partial charge is 0.481 e. The minimum absolute atomic E-state index is 0.0305. The summed E-state index contributed by atoms with van der Waals surface area (Å²) in [6.45, 7) is 2.51. The number of aliphatic hydroxyl groups is 1. The standard InChI is InChI=1S/C18H24N4O3/c1-12-5-7-20-22(12)8-6-16(24)21-18(14-9-15(23)10-14)13-3-4-17(25-2)19-11-13/h3-5,7,11,14-15,18,23H,6,8-10H2,1-2H3,(H,21,24)/t14?,15?,18-/m1/s1. The van der Waals surface area contributed by atoms with Gasteiger partial charge in [-0.15, -0.1) is 0 Å². The molecule has 3 rings (SSSR count). The number of aliphatic hydroxyl groups excluding tert-OH is 1. The number of aromatic nitrogens is 3. The molecular formula is C18H24N4O3. The number of aryl methyl sites for hydroxylation is 2. The maximum Gasteiger partial charge on any atom is 0.222 e. The van der Waals surface area contributed by atoms with Crippen LogP contribution in [0.2, 0.25) is 0 Å². The van der Waals surface area contributed by atoms with Gasteiger partial charge in [0.25, 0.3) is 0 Å². The summed E-state index contributed by atoms with van der Waals surface area (Å²) in [5, 5.41) is 16.9. The second-order valence-electron chi connectivity index (χ2n) is 6.51. The lowest BCUT2D eigenvalue weighted by atomic mass is 9.75. The van der Waals surface area contributed by atoms with Crippen LogP contribution < -0.4 is 10.1 Å². The Balaban J connectivity index is 1.64. The third-order valence-electron chi connectivity index (χ3n) is 4.74. The van der Waals surface area contributed by atoms with Crippen molar-refractivity contribution in [3.8, 4) is 5.88 Å².